The number of hydrogen-bond donors (Lipinski definition) is 1. The van der Waals surface area contributed by atoms with Gasteiger partial charge in [0.2, 0.25) is 6.10 Å². The number of rotatable bonds is 6. The van der Waals surface area contributed by atoms with Gasteiger partial charge in [-0.2, -0.15) is 0 Å². The Kier molecular flexibility index (Phi) is 6.56. The predicted octanol–water partition coefficient (Wildman–Crippen LogP) is 1.37. The Balaban J connectivity index is 1.78. The highest BCUT2D eigenvalue weighted by Gasteiger charge is 2.22. The lowest BCUT2D eigenvalue weighted by Crippen LogP contribution is -2.32. The molecule has 0 saturated carbocycles. The van der Waals surface area contributed by atoms with Gasteiger partial charge in [0, 0.05) is 12.6 Å². The molecule has 0 fully saturated rings. The second kappa shape index (κ2) is 9.51. The minimum absolute atomic E-state index is 0.0501. The van der Waals surface area contributed by atoms with Crippen LogP contribution in [0.25, 0.3) is 17.8 Å². The molecule has 1 aromatic heterocycles. The molecule has 6 nitrogen and oxygen atoms in total. The maximum absolute atomic E-state index is 13.3. The number of aromatic nitrogens is 1. The molecular weight excluding hydrogens is 412 g/mol. The normalized spacial score (nSPS) is 16.8. The Hall–Kier alpha value is -2.87. The van der Waals surface area contributed by atoms with Crippen molar-refractivity contribution in [1.29, 1.82) is 0 Å². The predicted molar refractivity (Wildman–Crippen MR) is 125 cm³/mol. The van der Waals surface area contributed by atoms with E-state index in [1.165, 1.54) is 11.3 Å². The van der Waals surface area contributed by atoms with Crippen molar-refractivity contribution in [2.24, 2.45) is 0 Å². The third-order valence-corrected chi connectivity index (χ3v) is 5.95. The Morgan fingerprint density at radius 2 is 2.03 bits per heavy atom. The summed E-state index contributed by atoms with van der Waals surface area (Å²) in [4.78, 5) is 13.3. The SMILES string of the molecule is CC(C)NC/C=c1/s/c(=C\c2ccc3c(c2)OC(C[OH2+])CO3)c(=O)n1-c1ccccc1. The summed E-state index contributed by atoms with van der Waals surface area (Å²) < 4.78 is 14.8. The molecule has 0 aliphatic carbocycles. The molecular formula is C24H27N2O4S+. The number of para-hydroxylation sites is 1. The van der Waals surface area contributed by atoms with Crippen LogP contribution in [-0.2, 0) is 0 Å². The summed E-state index contributed by atoms with van der Waals surface area (Å²) in [6.45, 7) is 5.40. The molecule has 1 atom stereocenters. The fourth-order valence-electron chi connectivity index (χ4n) is 3.31. The summed E-state index contributed by atoms with van der Waals surface area (Å²) in [7, 11) is 0. The van der Waals surface area contributed by atoms with Crippen molar-refractivity contribution >= 4 is 23.5 Å². The molecule has 162 valence electrons. The third-order valence-electron chi connectivity index (χ3n) is 4.88. The van der Waals surface area contributed by atoms with Gasteiger partial charge in [-0.3, -0.25) is 9.36 Å². The van der Waals surface area contributed by atoms with Crippen LogP contribution in [0.5, 0.6) is 11.5 Å². The van der Waals surface area contributed by atoms with E-state index in [-0.39, 0.29) is 18.3 Å². The number of benzene rings is 2. The van der Waals surface area contributed by atoms with Crippen LogP contribution in [0.1, 0.15) is 19.4 Å². The monoisotopic (exact) mass is 439 g/mol. The molecule has 0 saturated heterocycles. The third kappa shape index (κ3) is 4.90. The van der Waals surface area contributed by atoms with Crippen molar-refractivity contribution in [2.45, 2.75) is 26.0 Å². The highest BCUT2D eigenvalue weighted by atomic mass is 32.1. The van der Waals surface area contributed by atoms with Crippen LogP contribution >= 0.6 is 11.3 Å². The average Bonchev–Trinajstić information content (AvgIpc) is 3.08. The van der Waals surface area contributed by atoms with E-state index in [9.17, 15) is 4.79 Å². The van der Waals surface area contributed by atoms with E-state index in [4.69, 9.17) is 14.6 Å². The molecule has 1 aliphatic heterocycles. The fourth-order valence-corrected chi connectivity index (χ4v) is 4.36. The zero-order valence-electron chi connectivity index (χ0n) is 17.6. The molecule has 3 N–H and O–H groups in total. The molecule has 0 amide bonds. The van der Waals surface area contributed by atoms with Crippen molar-refractivity contribution in [3.05, 3.63) is 73.6 Å². The van der Waals surface area contributed by atoms with Crippen LogP contribution in [-0.4, -0.2) is 41.6 Å². The lowest BCUT2D eigenvalue weighted by atomic mass is 10.2. The molecule has 7 heteroatoms. The molecule has 1 aliphatic rings. The summed E-state index contributed by atoms with van der Waals surface area (Å²) in [5.41, 5.74) is 1.66. The van der Waals surface area contributed by atoms with Crippen LogP contribution in [0.15, 0.2) is 53.3 Å². The van der Waals surface area contributed by atoms with E-state index in [1.54, 1.807) is 4.57 Å². The second-order valence-corrected chi connectivity index (χ2v) is 8.72. The lowest BCUT2D eigenvalue weighted by molar-refractivity contribution is 0.0456. The summed E-state index contributed by atoms with van der Waals surface area (Å²) >= 11 is 1.47. The Bertz CT molecular complexity index is 1210. The summed E-state index contributed by atoms with van der Waals surface area (Å²) in [6.07, 6.45) is 3.67. The van der Waals surface area contributed by atoms with Crippen LogP contribution < -0.4 is 29.5 Å². The number of nitrogens with zero attached hydrogens (tertiary/aromatic N) is 1. The summed E-state index contributed by atoms with van der Waals surface area (Å²) in [5, 5.41) is 10.9. The van der Waals surface area contributed by atoms with Crippen LogP contribution in [0, 0.1) is 0 Å². The quantitative estimate of drug-likeness (QED) is 0.589. The number of hydrogen-bond acceptors (Lipinski definition) is 5. The van der Waals surface area contributed by atoms with E-state index in [1.807, 2.05) is 54.6 Å². The summed E-state index contributed by atoms with van der Waals surface area (Å²) in [5.74, 6) is 1.29. The maximum atomic E-state index is 13.3. The maximum Gasteiger partial charge on any atom is 0.273 e. The van der Waals surface area contributed by atoms with E-state index >= 15 is 0 Å². The molecule has 0 bridgehead atoms. The van der Waals surface area contributed by atoms with Crippen molar-refractivity contribution in [3.8, 4) is 17.2 Å². The van der Waals surface area contributed by atoms with Crippen molar-refractivity contribution in [2.75, 3.05) is 19.8 Å². The van der Waals surface area contributed by atoms with E-state index in [0.29, 0.717) is 35.2 Å². The molecule has 2 aromatic carbocycles. The van der Waals surface area contributed by atoms with Gasteiger partial charge in [-0.25, -0.2) is 0 Å². The zero-order chi connectivity index (χ0) is 21.8. The van der Waals surface area contributed by atoms with Crippen LogP contribution in [0.4, 0.5) is 0 Å². The van der Waals surface area contributed by atoms with Gasteiger partial charge >= 0.3 is 0 Å². The highest BCUT2D eigenvalue weighted by Crippen LogP contribution is 2.32. The summed E-state index contributed by atoms with van der Waals surface area (Å²) in [6, 6.07) is 15.7. The van der Waals surface area contributed by atoms with Crippen LogP contribution in [0.3, 0.4) is 0 Å². The van der Waals surface area contributed by atoms with Gasteiger partial charge in [-0.15, -0.1) is 11.3 Å². The van der Waals surface area contributed by atoms with Gasteiger partial charge < -0.3 is 19.9 Å². The zero-order valence-corrected chi connectivity index (χ0v) is 18.4. The van der Waals surface area contributed by atoms with E-state index in [0.717, 1.165) is 15.9 Å². The van der Waals surface area contributed by atoms with Crippen molar-refractivity contribution in [3.63, 3.8) is 0 Å². The van der Waals surface area contributed by atoms with Crippen molar-refractivity contribution < 1.29 is 14.6 Å². The number of fused-ring (bicyclic) bond motifs is 1. The van der Waals surface area contributed by atoms with Gasteiger partial charge in [-0.1, -0.05) is 38.1 Å². The first-order valence-corrected chi connectivity index (χ1v) is 11.2. The van der Waals surface area contributed by atoms with Gasteiger partial charge in [0.25, 0.3) is 5.56 Å². The first kappa shape index (κ1) is 21.4. The molecule has 1 unspecified atom stereocenters. The van der Waals surface area contributed by atoms with Gasteiger partial charge in [0.1, 0.15) is 11.3 Å². The lowest BCUT2D eigenvalue weighted by Gasteiger charge is -2.23. The largest absolute Gasteiger partial charge is 0.485 e. The van der Waals surface area contributed by atoms with Gasteiger partial charge in [-0.05, 0) is 42.0 Å². The molecule has 0 radical (unpaired) electrons. The van der Waals surface area contributed by atoms with Gasteiger partial charge in [0.05, 0.1) is 10.2 Å². The molecule has 3 aromatic rings. The average molecular weight is 440 g/mol. The molecule has 4 rings (SSSR count). The topological polar surface area (TPSA) is 75.4 Å². The van der Waals surface area contributed by atoms with Gasteiger partial charge in [0.15, 0.2) is 18.1 Å². The standard InChI is InChI=1S/C24H26N2O4S/c1-16(2)25-11-10-23-26(18-6-4-3-5-7-18)24(28)22(31-23)13-17-8-9-20-21(12-17)30-19(14-27)15-29-20/h3-10,12-13,16,19,25,27H,11,14-15H2,1-2H3/p+1/b22-13-,23-10+. The Morgan fingerprint density at radius 3 is 2.77 bits per heavy atom. The fraction of sp³-hybridized carbons (Fsp3) is 0.292. The van der Waals surface area contributed by atoms with Crippen LogP contribution in [0.2, 0.25) is 0 Å². The first-order valence-electron chi connectivity index (χ1n) is 10.4. The Morgan fingerprint density at radius 1 is 1.23 bits per heavy atom. The van der Waals surface area contributed by atoms with E-state index < -0.39 is 0 Å². The number of thiazole rings is 1. The van der Waals surface area contributed by atoms with E-state index in [2.05, 4.69) is 25.2 Å². The smallest absolute Gasteiger partial charge is 0.273 e. The Labute approximate surface area is 184 Å². The minimum Gasteiger partial charge on any atom is -0.485 e. The first-order chi connectivity index (χ1) is 15.0. The second-order valence-electron chi connectivity index (χ2n) is 7.65. The number of nitrogens with one attached hydrogen (secondary N) is 1. The molecule has 31 heavy (non-hydrogen) atoms. The molecule has 0 spiro atoms. The highest BCUT2D eigenvalue weighted by molar-refractivity contribution is 7.07. The minimum atomic E-state index is -0.269. The molecule has 2 heterocycles. The number of ether oxygens (including phenoxy) is 2. The van der Waals surface area contributed by atoms with Crippen molar-refractivity contribution in [1.82, 2.24) is 9.88 Å².